The number of nitrogens with zero attached hydrogens (tertiary/aromatic N) is 2. The fourth-order valence-electron chi connectivity index (χ4n) is 2.23. The predicted octanol–water partition coefficient (Wildman–Crippen LogP) is -1.18. The maximum Gasteiger partial charge on any atom is 0.336 e. The Hall–Kier alpha value is -0.690. The third-order valence-electron chi connectivity index (χ3n) is 3.05. The number of carboxylic acid groups (broad SMARTS) is 1. The molecule has 6 nitrogen and oxygen atoms in total. The van der Waals surface area contributed by atoms with Crippen molar-refractivity contribution >= 4 is 5.97 Å². The van der Waals surface area contributed by atoms with E-state index in [1.807, 2.05) is 23.9 Å². The van der Waals surface area contributed by atoms with Crippen molar-refractivity contribution in [3.8, 4) is 0 Å². The van der Waals surface area contributed by atoms with Gasteiger partial charge < -0.3 is 20.2 Å². The van der Waals surface area contributed by atoms with E-state index in [4.69, 9.17) is 5.11 Å². The van der Waals surface area contributed by atoms with E-state index in [1.54, 1.807) is 0 Å². The first-order valence-electron chi connectivity index (χ1n) is 5.75. The normalized spacial score (nSPS) is 29.5. The van der Waals surface area contributed by atoms with Crippen LogP contribution in [0.5, 0.6) is 0 Å². The number of aliphatic carboxylic acids is 1. The standard InChI is InChI=1S/C11H22N2O4/c1-11(17,10(15)16)7-13-6-9(14)4-8(13)5-12(2)3/h8-9,14,17H,4-7H2,1-3H3,(H,15,16). The minimum atomic E-state index is -1.77. The molecule has 100 valence electrons. The molecule has 1 aliphatic rings. The van der Waals surface area contributed by atoms with Gasteiger partial charge >= 0.3 is 5.97 Å². The lowest BCUT2D eigenvalue weighted by atomic mass is 10.1. The predicted molar refractivity (Wildman–Crippen MR) is 62.8 cm³/mol. The number of likely N-dealkylation sites (tertiary alicyclic amines) is 1. The van der Waals surface area contributed by atoms with Crippen LogP contribution < -0.4 is 0 Å². The van der Waals surface area contributed by atoms with Crippen LogP contribution in [0, 0.1) is 0 Å². The fourth-order valence-corrected chi connectivity index (χ4v) is 2.23. The minimum absolute atomic E-state index is 0.0396. The van der Waals surface area contributed by atoms with Crippen LogP contribution in [0.3, 0.4) is 0 Å². The van der Waals surface area contributed by atoms with Crippen LogP contribution in [-0.4, -0.2) is 82.6 Å². The SMILES string of the molecule is CN(C)CC1CC(O)CN1CC(C)(O)C(=O)O. The zero-order valence-electron chi connectivity index (χ0n) is 10.6. The van der Waals surface area contributed by atoms with Crippen LogP contribution >= 0.6 is 0 Å². The number of hydrogen-bond acceptors (Lipinski definition) is 5. The molecule has 0 aromatic heterocycles. The summed E-state index contributed by atoms with van der Waals surface area (Å²) < 4.78 is 0. The Kier molecular flexibility index (Phi) is 4.48. The molecule has 1 fully saturated rings. The maximum atomic E-state index is 10.9. The van der Waals surface area contributed by atoms with Crippen molar-refractivity contribution in [3.05, 3.63) is 0 Å². The zero-order chi connectivity index (χ0) is 13.2. The molecule has 0 aliphatic carbocycles. The molecule has 3 unspecified atom stereocenters. The van der Waals surface area contributed by atoms with E-state index in [9.17, 15) is 15.0 Å². The molecule has 6 heteroatoms. The molecule has 0 spiro atoms. The molecule has 3 atom stereocenters. The highest BCUT2D eigenvalue weighted by Crippen LogP contribution is 2.21. The maximum absolute atomic E-state index is 10.9. The van der Waals surface area contributed by atoms with Crippen molar-refractivity contribution in [2.24, 2.45) is 0 Å². The second-order valence-corrected chi connectivity index (χ2v) is 5.31. The van der Waals surface area contributed by atoms with Crippen LogP contribution in [0.4, 0.5) is 0 Å². The molecule has 0 bridgehead atoms. The van der Waals surface area contributed by atoms with Crippen LogP contribution in [0.25, 0.3) is 0 Å². The molecule has 1 heterocycles. The highest BCUT2D eigenvalue weighted by molar-refractivity contribution is 5.76. The number of carboxylic acids is 1. The van der Waals surface area contributed by atoms with Crippen molar-refractivity contribution in [2.75, 3.05) is 33.7 Å². The molecule has 0 aromatic carbocycles. The van der Waals surface area contributed by atoms with Crippen molar-refractivity contribution in [2.45, 2.75) is 31.1 Å². The molecule has 0 saturated carbocycles. The molecular weight excluding hydrogens is 224 g/mol. The summed E-state index contributed by atoms with van der Waals surface area (Å²) >= 11 is 0. The summed E-state index contributed by atoms with van der Waals surface area (Å²) in [4.78, 5) is 14.7. The molecule has 0 aromatic rings. The van der Waals surface area contributed by atoms with Gasteiger partial charge in [0.05, 0.1) is 6.10 Å². The van der Waals surface area contributed by atoms with Gasteiger partial charge in [-0.2, -0.15) is 0 Å². The Morgan fingerprint density at radius 1 is 1.53 bits per heavy atom. The molecule has 17 heavy (non-hydrogen) atoms. The van der Waals surface area contributed by atoms with Gasteiger partial charge in [0, 0.05) is 25.7 Å². The van der Waals surface area contributed by atoms with E-state index < -0.39 is 17.7 Å². The molecule has 1 saturated heterocycles. The summed E-state index contributed by atoms with van der Waals surface area (Å²) in [6.07, 6.45) is 0.179. The summed E-state index contributed by atoms with van der Waals surface area (Å²) in [5.41, 5.74) is -1.77. The lowest BCUT2D eigenvalue weighted by Gasteiger charge is -2.31. The van der Waals surface area contributed by atoms with Crippen molar-refractivity contribution in [1.29, 1.82) is 0 Å². The van der Waals surface area contributed by atoms with Crippen molar-refractivity contribution < 1.29 is 20.1 Å². The minimum Gasteiger partial charge on any atom is -0.479 e. The van der Waals surface area contributed by atoms with E-state index in [1.165, 1.54) is 6.92 Å². The summed E-state index contributed by atoms with van der Waals surface area (Å²) in [7, 11) is 3.86. The summed E-state index contributed by atoms with van der Waals surface area (Å²) in [5.74, 6) is -1.23. The smallest absolute Gasteiger partial charge is 0.336 e. The highest BCUT2D eigenvalue weighted by atomic mass is 16.4. The van der Waals surface area contributed by atoms with Gasteiger partial charge in [-0.1, -0.05) is 0 Å². The number of β-amino-alcohol motifs (C(OH)–C–C–N with tert-alkyl or cyclic N) is 2. The van der Waals surface area contributed by atoms with Gasteiger partial charge in [0.25, 0.3) is 0 Å². The van der Waals surface area contributed by atoms with Crippen molar-refractivity contribution in [3.63, 3.8) is 0 Å². The lowest BCUT2D eigenvalue weighted by molar-refractivity contribution is -0.158. The lowest BCUT2D eigenvalue weighted by Crippen LogP contribution is -2.50. The van der Waals surface area contributed by atoms with E-state index >= 15 is 0 Å². The van der Waals surface area contributed by atoms with Gasteiger partial charge in [-0.15, -0.1) is 0 Å². The topological polar surface area (TPSA) is 84.2 Å². The van der Waals surface area contributed by atoms with Crippen LogP contribution in [0.15, 0.2) is 0 Å². The van der Waals surface area contributed by atoms with Gasteiger partial charge in [0.15, 0.2) is 5.60 Å². The Bertz CT molecular complexity index is 281. The van der Waals surface area contributed by atoms with Gasteiger partial charge in [0.2, 0.25) is 0 Å². The van der Waals surface area contributed by atoms with Gasteiger partial charge in [-0.05, 0) is 27.4 Å². The third kappa shape index (κ3) is 3.92. The largest absolute Gasteiger partial charge is 0.479 e. The molecule has 3 N–H and O–H groups in total. The quantitative estimate of drug-likeness (QED) is 0.566. The third-order valence-corrected chi connectivity index (χ3v) is 3.05. The average Bonchev–Trinajstić information content (AvgIpc) is 2.44. The first-order chi connectivity index (χ1) is 7.72. The zero-order valence-corrected chi connectivity index (χ0v) is 10.6. The Labute approximate surface area is 101 Å². The summed E-state index contributed by atoms with van der Waals surface area (Å²) in [5, 5.41) is 28.3. The van der Waals surface area contributed by atoms with E-state index in [0.717, 1.165) is 6.54 Å². The average molecular weight is 246 g/mol. The number of aliphatic hydroxyl groups excluding tert-OH is 1. The molecule has 0 radical (unpaired) electrons. The van der Waals surface area contributed by atoms with Gasteiger partial charge in [-0.25, -0.2) is 4.79 Å². The highest BCUT2D eigenvalue weighted by Gasteiger charge is 2.39. The first-order valence-corrected chi connectivity index (χ1v) is 5.75. The monoisotopic (exact) mass is 246 g/mol. The van der Waals surface area contributed by atoms with Crippen LogP contribution in [0.1, 0.15) is 13.3 Å². The number of aliphatic hydroxyl groups is 2. The van der Waals surface area contributed by atoms with Crippen LogP contribution in [0.2, 0.25) is 0 Å². The summed E-state index contributed by atoms with van der Waals surface area (Å²) in [6.45, 7) is 2.49. The molecule has 0 amide bonds. The Morgan fingerprint density at radius 2 is 2.12 bits per heavy atom. The van der Waals surface area contributed by atoms with E-state index in [0.29, 0.717) is 13.0 Å². The van der Waals surface area contributed by atoms with E-state index in [-0.39, 0.29) is 12.6 Å². The number of rotatable bonds is 5. The van der Waals surface area contributed by atoms with Crippen molar-refractivity contribution in [1.82, 2.24) is 9.80 Å². The molecule has 1 aliphatic heterocycles. The fraction of sp³-hybridized carbons (Fsp3) is 0.909. The Balaban J connectivity index is 2.64. The summed E-state index contributed by atoms with van der Waals surface area (Å²) in [6, 6.07) is 0.0887. The number of carbonyl (C=O) groups is 1. The van der Waals surface area contributed by atoms with Gasteiger partial charge in [0.1, 0.15) is 0 Å². The number of likely N-dealkylation sites (N-methyl/N-ethyl adjacent to an activating group) is 1. The Morgan fingerprint density at radius 3 is 2.59 bits per heavy atom. The second kappa shape index (κ2) is 5.30. The molecule has 1 rings (SSSR count). The first kappa shape index (κ1) is 14.4. The number of hydrogen-bond donors (Lipinski definition) is 3. The van der Waals surface area contributed by atoms with Crippen LogP contribution in [-0.2, 0) is 4.79 Å². The second-order valence-electron chi connectivity index (χ2n) is 5.31. The van der Waals surface area contributed by atoms with E-state index in [2.05, 4.69) is 0 Å². The molecular formula is C11H22N2O4. The van der Waals surface area contributed by atoms with Gasteiger partial charge in [-0.3, -0.25) is 4.90 Å².